The third-order valence-corrected chi connectivity index (χ3v) is 5.55. The molecule has 0 unspecified atom stereocenters. The van der Waals surface area contributed by atoms with Crippen molar-refractivity contribution in [3.05, 3.63) is 38.4 Å². The highest BCUT2D eigenvalue weighted by molar-refractivity contribution is 7.19. The fraction of sp³-hybridized carbons (Fsp3) is 0.381. The summed E-state index contributed by atoms with van der Waals surface area (Å²) < 4.78 is 15.5. The van der Waals surface area contributed by atoms with E-state index in [0.717, 1.165) is 6.07 Å². The summed E-state index contributed by atoms with van der Waals surface area (Å²) in [5, 5.41) is 31.9. The van der Waals surface area contributed by atoms with Crippen molar-refractivity contribution < 1.29 is 38.4 Å². The molecule has 0 aliphatic carbocycles. The number of hydrogen-bond donors (Lipinski definition) is 1. The third kappa shape index (κ3) is 8.47. The lowest BCUT2D eigenvalue weighted by Crippen LogP contribution is -2.32. The number of carbonyl (C=O) groups excluding carboxylic acids is 3. The molecule has 0 fully saturated rings. The van der Waals surface area contributed by atoms with Gasteiger partial charge in [0.25, 0.3) is 0 Å². The van der Waals surface area contributed by atoms with Crippen molar-refractivity contribution in [2.45, 2.75) is 20.8 Å². The average molecular weight is 553 g/mol. The number of methoxy groups -OCH3 is 1. The molecule has 0 bridgehead atoms. The molecule has 1 heterocycles. The van der Waals surface area contributed by atoms with E-state index < -0.39 is 38.4 Å². The maximum Gasteiger partial charge on any atom is 0.333 e. The second kappa shape index (κ2) is 13.6. The standard InChI is InChI=1S/C21H24N6O10S/c1-12(28)22-15-9-17(25(5-7-36-13(2)29)6-8-37-14(3)30)19(35-4)10-16(15)23-24-21-18(26(31)32)11-20(38-21)27(33)34/h9-11H,5-8H2,1-4H3,(H,22,28). The molecule has 204 valence electrons. The summed E-state index contributed by atoms with van der Waals surface area (Å²) in [6.07, 6.45) is 0. The van der Waals surface area contributed by atoms with E-state index in [1.165, 1.54) is 40.0 Å². The maximum atomic E-state index is 11.9. The summed E-state index contributed by atoms with van der Waals surface area (Å²) in [4.78, 5) is 56.8. The van der Waals surface area contributed by atoms with E-state index in [9.17, 15) is 34.6 Å². The van der Waals surface area contributed by atoms with E-state index in [-0.39, 0.29) is 48.4 Å². The molecule has 2 rings (SSSR count). The molecular formula is C21H24N6O10S. The van der Waals surface area contributed by atoms with Crippen LogP contribution in [0.5, 0.6) is 5.75 Å². The summed E-state index contributed by atoms with van der Waals surface area (Å²) in [7, 11) is 1.36. The Morgan fingerprint density at radius 2 is 1.58 bits per heavy atom. The highest BCUT2D eigenvalue weighted by atomic mass is 32.1. The van der Waals surface area contributed by atoms with Crippen LogP contribution in [0.15, 0.2) is 28.4 Å². The molecule has 0 radical (unpaired) electrons. The van der Waals surface area contributed by atoms with Gasteiger partial charge >= 0.3 is 22.6 Å². The number of azo groups is 1. The van der Waals surface area contributed by atoms with Crippen LogP contribution in [0.2, 0.25) is 0 Å². The Morgan fingerprint density at radius 1 is 0.974 bits per heavy atom. The fourth-order valence-electron chi connectivity index (χ4n) is 3.04. The molecule has 16 nitrogen and oxygen atoms in total. The Bertz CT molecular complexity index is 1240. The predicted molar refractivity (Wildman–Crippen MR) is 135 cm³/mol. The van der Waals surface area contributed by atoms with Crippen LogP contribution >= 0.6 is 11.3 Å². The number of amides is 1. The van der Waals surface area contributed by atoms with Crippen LogP contribution in [-0.4, -0.2) is 61.1 Å². The first-order valence-corrected chi connectivity index (χ1v) is 11.6. The molecule has 1 aromatic heterocycles. The first-order valence-electron chi connectivity index (χ1n) is 10.8. The smallest absolute Gasteiger partial charge is 0.333 e. The molecule has 0 saturated heterocycles. The zero-order chi connectivity index (χ0) is 28.4. The average Bonchev–Trinajstić information content (AvgIpc) is 3.26. The lowest BCUT2D eigenvalue weighted by molar-refractivity contribution is -0.389. The van der Waals surface area contributed by atoms with Gasteiger partial charge in [0.1, 0.15) is 30.7 Å². The van der Waals surface area contributed by atoms with Gasteiger partial charge in [-0.1, -0.05) is 0 Å². The third-order valence-electron chi connectivity index (χ3n) is 4.59. The minimum atomic E-state index is -0.819. The molecule has 1 N–H and O–H groups in total. The summed E-state index contributed by atoms with van der Waals surface area (Å²) in [5.41, 5.74) is -0.0220. The Balaban J connectivity index is 2.54. The number of carbonyl (C=O) groups is 3. The number of thiophene rings is 1. The monoisotopic (exact) mass is 552 g/mol. The predicted octanol–water partition coefficient (Wildman–Crippen LogP) is 3.88. The zero-order valence-corrected chi connectivity index (χ0v) is 21.6. The van der Waals surface area contributed by atoms with Gasteiger partial charge < -0.3 is 24.4 Å². The molecule has 0 spiro atoms. The summed E-state index contributed by atoms with van der Waals surface area (Å²) in [5.74, 6) is -1.23. The lowest BCUT2D eigenvalue weighted by Gasteiger charge is -2.27. The van der Waals surface area contributed by atoms with Crippen LogP contribution < -0.4 is 15.0 Å². The van der Waals surface area contributed by atoms with E-state index >= 15 is 0 Å². The highest BCUT2D eigenvalue weighted by Crippen LogP contribution is 2.44. The highest BCUT2D eigenvalue weighted by Gasteiger charge is 2.25. The van der Waals surface area contributed by atoms with E-state index in [1.807, 2.05) is 0 Å². The van der Waals surface area contributed by atoms with Crippen molar-refractivity contribution in [1.29, 1.82) is 0 Å². The van der Waals surface area contributed by atoms with Crippen LogP contribution in [0, 0.1) is 20.2 Å². The van der Waals surface area contributed by atoms with Crippen molar-refractivity contribution in [2.75, 3.05) is 43.6 Å². The molecule has 2 aromatic rings. The van der Waals surface area contributed by atoms with Crippen molar-refractivity contribution in [3.63, 3.8) is 0 Å². The number of nitro groups is 2. The molecular weight excluding hydrogens is 528 g/mol. The second-order valence-electron chi connectivity index (χ2n) is 7.38. The molecule has 1 aromatic carbocycles. The number of nitrogens with one attached hydrogen (secondary N) is 1. The SMILES string of the molecule is COc1cc(N=Nc2sc([N+](=O)[O-])cc2[N+](=O)[O-])c(NC(C)=O)cc1N(CCOC(C)=O)CCOC(C)=O. The van der Waals surface area contributed by atoms with Gasteiger partial charge in [-0.15, -0.1) is 10.2 Å². The lowest BCUT2D eigenvalue weighted by atomic mass is 10.2. The number of esters is 2. The largest absolute Gasteiger partial charge is 0.494 e. The summed E-state index contributed by atoms with van der Waals surface area (Å²) in [6.45, 7) is 4.09. The van der Waals surface area contributed by atoms with Gasteiger partial charge in [-0.3, -0.25) is 34.6 Å². The van der Waals surface area contributed by atoms with Crippen LogP contribution in [0.1, 0.15) is 20.8 Å². The maximum absolute atomic E-state index is 11.9. The van der Waals surface area contributed by atoms with Crippen molar-refractivity contribution in [3.8, 4) is 5.75 Å². The van der Waals surface area contributed by atoms with Gasteiger partial charge in [-0.2, -0.15) is 0 Å². The van der Waals surface area contributed by atoms with Crippen molar-refractivity contribution >= 4 is 61.9 Å². The molecule has 0 aliphatic heterocycles. The Labute approximate surface area is 219 Å². The number of ether oxygens (including phenoxy) is 3. The second-order valence-corrected chi connectivity index (χ2v) is 8.39. The fourth-order valence-corrected chi connectivity index (χ4v) is 3.81. The first-order chi connectivity index (χ1) is 17.9. The van der Waals surface area contributed by atoms with Crippen LogP contribution in [0.25, 0.3) is 0 Å². The van der Waals surface area contributed by atoms with Crippen LogP contribution in [0.3, 0.4) is 0 Å². The van der Waals surface area contributed by atoms with E-state index in [0.29, 0.717) is 17.0 Å². The van der Waals surface area contributed by atoms with Gasteiger partial charge in [0.15, 0.2) is 0 Å². The number of hydrogen-bond acceptors (Lipinski definition) is 14. The van der Waals surface area contributed by atoms with Crippen LogP contribution in [-0.2, 0) is 23.9 Å². The molecule has 38 heavy (non-hydrogen) atoms. The van der Waals surface area contributed by atoms with Crippen molar-refractivity contribution in [1.82, 2.24) is 0 Å². The molecule has 0 atom stereocenters. The Hall–Kier alpha value is -4.67. The number of anilines is 2. The topological polar surface area (TPSA) is 205 Å². The van der Waals surface area contributed by atoms with Gasteiger partial charge in [0.2, 0.25) is 10.9 Å². The van der Waals surface area contributed by atoms with Crippen molar-refractivity contribution in [2.24, 2.45) is 10.2 Å². The number of rotatable bonds is 13. The van der Waals surface area contributed by atoms with Gasteiger partial charge in [0, 0.05) is 26.8 Å². The first kappa shape index (κ1) is 29.6. The van der Waals surface area contributed by atoms with E-state index in [1.54, 1.807) is 4.90 Å². The summed E-state index contributed by atoms with van der Waals surface area (Å²) >= 11 is 0.465. The minimum Gasteiger partial charge on any atom is -0.494 e. The normalized spacial score (nSPS) is 10.6. The quantitative estimate of drug-likeness (QED) is 0.163. The minimum absolute atomic E-state index is 0.00366. The van der Waals surface area contributed by atoms with Gasteiger partial charge in [-0.25, -0.2) is 0 Å². The van der Waals surface area contributed by atoms with Crippen LogP contribution in [0.4, 0.5) is 32.8 Å². The Morgan fingerprint density at radius 3 is 2.05 bits per heavy atom. The molecule has 0 aliphatic rings. The van der Waals surface area contributed by atoms with E-state index in [2.05, 4.69) is 15.5 Å². The molecule has 0 saturated carbocycles. The zero-order valence-electron chi connectivity index (χ0n) is 20.8. The number of benzene rings is 1. The van der Waals surface area contributed by atoms with E-state index in [4.69, 9.17) is 14.2 Å². The molecule has 17 heteroatoms. The van der Waals surface area contributed by atoms with Gasteiger partial charge in [-0.05, 0) is 17.4 Å². The Kier molecular flexibility index (Phi) is 10.6. The molecule has 1 amide bonds. The summed E-state index contributed by atoms with van der Waals surface area (Å²) in [6, 6.07) is 3.66. The number of nitrogens with zero attached hydrogens (tertiary/aromatic N) is 5. The van der Waals surface area contributed by atoms with Gasteiger partial charge in [0.05, 0.1) is 41.4 Å².